The summed E-state index contributed by atoms with van der Waals surface area (Å²) in [4.78, 5) is 39.3. The van der Waals surface area contributed by atoms with E-state index in [4.69, 9.17) is 0 Å². The maximum Gasteiger partial charge on any atom is 0.253 e. The molecular weight excluding hydrogens is 416 g/mol. The molecule has 0 unspecified atom stereocenters. The third-order valence-corrected chi connectivity index (χ3v) is 5.55. The summed E-state index contributed by atoms with van der Waals surface area (Å²) in [5.41, 5.74) is 2.16. The molecule has 0 saturated carbocycles. The van der Waals surface area contributed by atoms with Gasteiger partial charge in [-0.2, -0.15) is 0 Å². The van der Waals surface area contributed by atoms with Crippen LogP contribution in [0.15, 0.2) is 48.5 Å². The second-order valence-electron chi connectivity index (χ2n) is 9.74. The zero-order valence-electron chi connectivity index (χ0n) is 19.9. The number of amides is 3. The Bertz CT molecular complexity index is 987. The minimum atomic E-state index is -0.305. The molecule has 1 heterocycles. The number of carbonyl (C=O) groups excluding carboxylic acids is 3. The van der Waals surface area contributed by atoms with Crippen molar-refractivity contribution in [3.8, 4) is 0 Å². The van der Waals surface area contributed by atoms with Gasteiger partial charge in [0.25, 0.3) is 11.8 Å². The van der Waals surface area contributed by atoms with Crippen LogP contribution in [0.1, 0.15) is 61.3 Å². The number of carbonyl (C=O) groups is 3. The first-order valence-corrected chi connectivity index (χ1v) is 11.5. The van der Waals surface area contributed by atoms with Crippen molar-refractivity contribution in [1.29, 1.82) is 0 Å². The number of nitrogens with zero attached hydrogens (tertiary/aromatic N) is 1. The van der Waals surface area contributed by atoms with Gasteiger partial charge in [0.2, 0.25) is 5.91 Å². The summed E-state index contributed by atoms with van der Waals surface area (Å²) in [5.74, 6) is 0.303. The number of hydrogen-bond acceptors (Lipinski definition) is 4. The van der Waals surface area contributed by atoms with Crippen molar-refractivity contribution in [2.24, 2.45) is 5.92 Å². The third kappa shape index (κ3) is 7.34. The van der Waals surface area contributed by atoms with Gasteiger partial charge >= 0.3 is 0 Å². The van der Waals surface area contributed by atoms with Crippen LogP contribution in [0.2, 0.25) is 0 Å². The molecule has 0 radical (unpaired) electrons. The van der Waals surface area contributed by atoms with Crippen LogP contribution >= 0.6 is 0 Å². The molecule has 33 heavy (non-hydrogen) atoms. The molecule has 1 aliphatic rings. The molecule has 176 valence electrons. The van der Waals surface area contributed by atoms with Crippen LogP contribution in [-0.4, -0.2) is 47.8 Å². The molecular formula is C26H34N4O3. The maximum atomic E-state index is 12.8. The topological polar surface area (TPSA) is 90.5 Å². The monoisotopic (exact) mass is 450 g/mol. The van der Waals surface area contributed by atoms with E-state index in [-0.39, 0.29) is 29.8 Å². The summed E-state index contributed by atoms with van der Waals surface area (Å²) in [5, 5.41) is 8.81. The molecule has 3 N–H and O–H groups in total. The number of hydrogen-bond donors (Lipinski definition) is 3. The molecule has 2 aromatic rings. The minimum Gasteiger partial charge on any atom is -0.376 e. The van der Waals surface area contributed by atoms with Gasteiger partial charge in [0.1, 0.15) is 0 Å². The highest BCUT2D eigenvalue weighted by Gasteiger charge is 2.21. The summed E-state index contributed by atoms with van der Waals surface area (Å²) < 4.78 is 0. The van der Waals surface area contributed by atoms with E-state index >= 15 is 0 Å². The number of anilines is 2. The van der Waals surface area contributed by atoms with Gasteiger partial charge in [-0.05, 0) is 82.0 Å². The van der Waals surface area contributed by atoms with Crippen LogP contribution in [0, 0.1) is 5.92 Å². The minimum absolute atomic E-state index is 0.00621. The third-order valence-electron chi connectivity index (χ3n) is 5.55. The Balaban J connectivity index is 1.51. The Hall–Kier alpha value is -3.35. The van der Waals surface area contributed by atoms with Gasteiger partial charge in [-0.1, -0.05) is 13.0 Å². The van der Waals surface area contributed by atoms with Crippen molar-refractivity contribution in [2.75, 3.05) is 30.3 Å². The average Bonchev–Trinajstić information content (AvgIpc) is 2.77. The molecule has 3 amide bonds. The van der Waals surface area contributed by atoms with E-state index in [1.165, 1.54) is 0 Å². The van der Waals surface area contributed by atoms with Crippen molar-refractivity contribution < 1.29 is 14.4 Å². The van der Waals surface area contributed by atoms with Gasteiger partial charge in [0.05, 0.1) is 6.54 Å². The first-order valence-electron chi connectivity index (χ1n) is 11.5. The Kier molecular flexibility index (Phi) is 7.74. The number of benzene rings is 2. The number of rotatable bonds is 6. The maximum absolute atomic E-state index is 12.8. The van der Waals surface area contributed by atoms with Crippen LogP contribution in [0.25, 0.3) is 0 Å². The number of piperidine rings is 1. The highest BCUT2D eigenvalue weighted by molar-refractivity contribution is 5.98. The van der Waals surface area contributed by atoms with E-state index in [2.05, 4.69) is 22.9 Å². The zero-order valence-corrected chi connectivity index (χ0v) is 19.9. The molecule has 7 nitrogen and oxygen atoms in total. The van der Waals surface area contributed by atoms with Crippen LogP contribution in [0.3, 0.4) is 0 Å². The van der Waals surface area contributed by atoms with Crippen molar-refractivity contribution >= 4 is 29.1 Å². The molecule has 0 bridgehead atoms. The van der Waals surface area contributed by atoms with Crippen molar-refractivity contribution in [3.63, 3.8) is 0 Å². The highest BCUT2D eigenvalue weighted by Crippen LogP contribution is 2.20. The molecule has 7 heteroatoms. The molecule has 0 aliphatic carbocycles. The predicted octanol–water partition coefficient (Wildman–Crippen LogP) is 4.14. The second kappa shape index (κ2) is 10.5. The van der Waals surface area contributed by atoms with Gasteiger partial charge in [0, 0.05) is 41.1 Å². The van der Waals surface area contributed by atoms with E-state index in [0.29, 0.717) is 22.7 Å². The fraction of sp³-hybridized carbons (Fsp3) is 0.423. The van der Waals surface area contributed by atoms with Crippen molar-refractivity contribution in [1.82, 2.24) is 10.2 Å². The first-order chi connectivity index (χ1) is 15.6. The SMILES string of the molecule is CC1CCN(C(=O)c2cccc(NC(=O)CNc3ccc(C(=O)NC(C)(C)C)cc3)c2)CC1. The van der Waals surface area contributed by atoms with E-state index in [1.807, 2.05) is 25.7 Å². The lowest BCUT2D eigenvalue weighted by molar-refractivity contribution is -0.114. The second-order valence-corrected chi connectivity index (χ2v) is 9.74. The number of likely N-dealkylation sites (tertiary alicyclic amines) is 1. The summed E-state index contributed by atoms with van der Waals surface area (Å²) >= 11 is 0. The fourth-order valence-corrected chi connectivity index (χ4v) is 3.66. The number of nitrogens with one attached hydrogen (secondary N) is 3. The van der Waals surface area contributed by atoms with E-state index in [1.54, 1.807) is 48.5 Å². The van der Waals surface area contributed by atoms with Crippen LogP contribution in [0.4, 0.5) is 11.4 Å². The average molecular weight is 451 g/mol. The van der Waals surface area contributed by atoms with Gasteiger partial charge in [-0.15, -0.1) is 0 Å². The quantitative estimate of drug-likeness (QED) is 0.617. The molecule has 0 atom stereocenters. The van der Waals surface area contributed by atoms with Crippen LogP contribution < -0.4 is 16.0 Å². The summed E-state index contributed by atoms with van der Waals surface area (Å²) in [6.45, 7) is 9.62. The smallest absolute Gasteiger partial charge is 0.253 e. The lowest BCUT2D eigenvalue weighted by Gasteiger charge is -2.30. The molecule has 2 aromatic carbocycles. The molecule has 1 saturated heterocycles. The standard InChI is InChI=1S/C26H34N4O3/c1-18-12-14-30(15-13-18)25(33)20-6-5-7-22(16-20)28-23(31)17-27-21-10-8-19(9-11-21)24(32)29-26(2,3)4/h5-11,16,18,27H,12-15,17H2,1-4H3,(H,28,31)(H,29,32). The predicted molar refractivity (Wildman–Crippen MR) is 132 cm³/mol. The lowest BCUT2D eigenvalue weighted by Crippen LogP contribution is -2.40. The Morgan fingerprint density at radius 3 is 2.24 bits per heavy atom. The highest BCUT2D eigenvalue weighted by atomic mass is 16.2. The van der Waals surface area contributed by atoms with E-state index in [9.17, 15) is 14.4 Å². The molecule has 0 aromatic heterocycles. The Labute approximate surface area is 195 Å². The Morgan fingerprint density at radius 1 is 0.939 bits per heavy atom. The summed E-state index contributed by atoms with van der Waals surface area (Å²) in [6.07, 6.45) is 2.05. The largest absolute Gasteiger partial charge is 0.376 e. The van der Waals surface area contributed by atoms with Crippen molar-refractivity contribution in [2.45, 2.75) is 46.1 Å². The Morgan fingerprint density at radius 2 is 1.61 bits per heavy atom. The van der Waals surface area contributed by atoms with Gasteiger partial charge in [-0.25, -0.2) is 0 Å². The summed E-state index contributed by atoms with van der Waals surface area (Å²) in [7, 11) is 0. The normalized spacial score (nSPS) is 14.5. The molecule has 1 aliphatic heterocycles. The molecule has 1 fully saturated rings. The first kappa shape index (κ1) is 24.3. The van der Waals surface area contributed by atoms with Gasteiger partial charge in [0.15, 0.2) is 0 Å². The lowest BCUT2D eigenvalue weighted by atomic mass is 9.98. The van der Waals surface area contributed by atoms with Crippen LogP contribution in [0.5, 0.6) is 0 Å². The van der Waals surface area contributed by atoms with E-state index in [0.717, 1.165) is 31.6 Å². The summed E-state index contributed by atoms with van der Waals surface area (Å²) in [6, 6.07) is 14.0. The van der Waals surface area contributed by atoms with Crippen molar-refractivity contribution in [3.05, 3.63) is 59.7 Å². The zero-order chi connectivity index (χ0) is 24.0. The van der Waals surface area contributed by atoms with E-state index < -0.39 is 0 Å². The van der Waals surface area contributed by atoms with Gasteiger partial charge < -0.3 is 20.9 Å². The molecule has 0 spiro atoms. The molecule has 3 rings (SSSR count). The van der Waals surface area contributed by atoms with Gasteiger partial charge in [-0.3, -0.25) is 14.4 Å². The van der Waals surface area contributed by atoms with Crippen LogP contribution in [-0.2, 0) is 4.79 Å². The fourth-order valence-electron chi connectivity index (χ4n) is 3.66.